The van der Waals surface area contributed by atoms with Crippen molar-refractivity contribution in [2.24, 2.45) is 0 Å². The Hall–Kier alpha value is -3.05. The number of aromatic nitrogens is 6. The number of nitrogens with zero attached hydrogens (tertiary/aromatic N) is 7. The van der Waals surface area contributed by atoms with Crippen molar-refractivity contribution < 1.29 is 0 Å². The van der Waals surface area contributed by atoms with E-state index in [1.54, 1.807) is 30.6 Å². The van der Waals surface area contributed by atoms with E-state index in [0.29, 0.717) is 22.6 Å². The molecule has 23 heavy (non-hydrogen) atoms. The Kier molecular flexibility index (Phi) is 4.40. The number of nitriles is 1. The molecule has 0 saturated heterocycles. The van der Waals surface area contributed by atoms with Crippen molar-refractivity contribution in [3.8, 4) is 17.5 Å². The van der Waals surface area contributed by atoms with E-state index >= 15 is 0 Å². The molecule has 3 aromatic heterocycles. The maximum atomic E-state index is 8.76. The number of pyridine rings is 1. The summed E-state index contributed by atoms with van der Waals surface area (Å²) in [6.45, 7) is 4.33. The molecule has 0 aliphatic rings. The third-order valence-corrected chi connectivity index (χ3v) is 3.81. The molecule has 3 heterocycles. The monoisotopic (exact) mass is 321 g/mol. The summed E-state index contributed by atoms with van der Waals surface area (Å²) in [4.78, 5) is 4.11. The first-order valence-corrected chi connectivity index (χ1v) is 7.49. The van der Waals surface area contributed by atoms with Crippen LogP contribution in [-0.4, -0.2) is 29.9 Å². The van der Waals surface area contributed by atoms with Gasteiger partial charge in [0.05, 0.1) is 0 Å². The van der Waals surface area contributed by atoms with E-state index in [0.717, 1.165) is 5.56 Å². The molecular weight excluding hydrogens is 310 g/mol. The smallest absolute Gasteiger partial charge is 0.198 e. The number of hydrogen-bond acceptors (Lipinski definition) is 7. The minimum Gasteiger partial charge on any atom is -0.298 e. The second-order valence-corrected chi connectivity index (χ2v) is 5.41. The molecule has 3 rings (SSSR count). The van der Waals surface area contributed by atoms with Crippen molar-refractivity contribution in [1.82, 2.24) is 29.9 Å². The zero-order chi connectivity index (χ0) is 16.1. The summed E-state index contributed by atoms with van der Waals surface area (Å²) in [6.07, 6.45) is 5.22. The van der Waals surface area contributed by atoms with Crippen LogP contribution < -0.4 is 0 Å². The average molecular weight is 321 g/mol. The van der Waals surface area contributed by atoms with Gasteiger partial charge in [-0.2, -0.15) is 5.26 Å². The molecule has 3 aromatic rings. The molecule has 0 atom stereocenters. The lowest BCUT2D eigenvalue weighted by atomic mass is 10.3. The lowest BCUT2D eigenvalue weighted by Gasteiger charge is -2.06. The molecule has 0 amide bonds. The first-order valence-electron chi connectivity index (χ1n) is 6.68. The molecule has 0 spiro atoms. The van der Waals surface area contributed by atoms with Crippen molar-refractivity contribution in [1.29, 1.82) is 5.26 Å². The number of allylic oxidation sites excluding steroid dienone is 1. The van der Waals surface area contributed by atoms with E-state index < -0.39 is 0 Å². The van der Waals surface area contributed by atoms with Crippen LogP contribution in [-0.2, 0) is 6.54 Å². The molecule has 0 aliphatic heterocycles. The van der Waals surface area contributed by atoms with Gasteiger partial charge in [-0.1, -0.05) is 6.08 Å². The normalized spacial score (nSPS) is 10.2. The molecule has 7 nitrogen and oxygen atoms in total. The first kappa shape index (κ1) is 14.9. The van der Waals surface area contributed by atoms with Crippen LogP contribution in [0.4, 0.5) is 0 Å². The largest absolute Gasteiger partial charge is 0.298 e. The van der Waals surface area contributed by atoms with E-state index in [4.69, 9.17) is 5.26 Å². The van der Waals surface area contributed by atoms with Gasteiger partial charge in [-0.15, -0.1) is 27.0 Å². The van der Waals surface area contributed by atoms with Crippen LogP contribution in [0.3, 0.4) is 0 Å². The van der Waals surface area contributed by atoms with E-state index in [9.17, 15) is 0 Å². The molecular formula is C15H11N7S. The van der Waals surface area contributed by atoms with Gasteiger partial charge in [0.25, 0.3) is 0 Å². The molecule has 112 valence electrons. The second-order valence-electron chi connectivity index (χ2n) is 4.42. The van der Waals surface area contributed by atoms with E-state index in [1.165, 1.54) is 11.8 Å². The summed E-state index contributed by atoms with van der Waals surface area (Å²) >= 11 is 1.33. The van der Waals surface area contributed by atoms with E-state index in [-0.39, 0.29) is 5.69 Å². The number of rotatable bonds is 5. The highest BCUT2D eigenvalue weighted by Gasteiger charge is 2.15. The Morgan fingerprint density at radius 1 is 1.22 bits per heavy atom. The summed E-state index contributed by atoms with van der Waals surface area (Å²) in [6, 6.07) is 9.06. The molecule has 8 heteroatoms. The van der Waals surface area contributed by atoms with Gasteiger partial charge in [0, 0.05) is 24.5 Å². The second kappa shape index (κ2) is 6.81. The summed E-state index contributed by atoms with van der Waals surface area (Å²) in [5.74, 6) is 0.710. The molecule has 0 aromatic carbocycles. The minimum atomic E-state index is 0.276. The van der Waals surface area contributed by atoms with Crippen LogP contribution in [0.1, 0.15) is 5.69 Å². The van der Waals surface area contributed by atoms with Crippen molar-refractivity contribution in [2.75, 3.05) is 0 Å². The van der Waals surface area contributed by atoms with Crippen molar-refractivity contribution in [3.63, 3.8) is 0 Å². The Bertz CT molecular complexity index is 850. The molecule has 0 unspecified atom stereocenters. The zero-order valence-corrected chi connectivity index (χ0v) is 12.8. The number of hydrogen-bond donors (Lipinski definition) is 0. The Labute approximate surface area is 136 Å². The van der Waals surface area contributed by atoms with Gasteiger partial charge in [0.15, 0.2) is 16.7 Å². The summed E-state index contributed by atoms with van der Waals surface area (Å²) < 4.78 is 1.93. The minimum absolute atomic E-state index is 0.276. The Morgan fingerprint density at radius 3 is 2.78 bits per heavy atom. The van der Waals surface area contributed by atoms with Crippen molar-refractivity contribution in [3.05, 3.63) is 55.0 Å². The van der Waals surface area contributed by atoms with Crippen LogP contribution in [0.15, 0.2) is 59.5 Å². The van der Waals surface area contributed by atoms with Crippen LogP contribution in [0.2, 0.25) is 0 Å². The van der Waals surface area contributed by atoms with Crippen LogP contribution >= 0.6 is 11.8 Å². The van der Waals surface area contributed by atoms with E-state index in [2.05, 4.69) is 32.0 Å². The predicted octanol–water partition coefficient (Wildman–Crippen LogP) is 2.34. The fourth-order valence-electron chi connectivity index (χ4n) is 1.89. The molecule has 0 bridgehead atoms. The molecule has 0 radical (unpaired) electrons. The molecule has 0 aliphatic carbocycles. The third kappa shape index (κ3) is 3.25. The highest BCUT2D eigenvalue weighted by Crippen LogP contribution is 2.27. The highest BCUT2D eigenvalue weighted by atomic mass is 32.2. The van der Waals surface area contributed by atoms with Crippen LogP contribution in [0.25, 0.3) is 11.4 Å². The average Bonchev–Trinajstić information content (AvgIpc) is 2.99. The SMILES string of the molecule is C=CCn1c(Sc2ccc(C#N)nn2)nnc1-c1cccnc1. The predicted molar refractivity (Wildman–Crippen MR) is 84.3 cm³/mol. The van der Waals surface area contributed by atoms with Gasteiger partial charge < -0.3 is 0 Å². The lowest BCUT2D eigenvalue weighted by molar-refractivity contribution is 0.729. The summed E-state index contributed by atoms with van der Waals surface area (Å²) in [5.41, 5.74) is 1.15. The third-order valence-electron chi connectivity index (χ3n) is 2.90. The van der Waals surface area contributed by atoms with Gasteiger partial charge in [0.1, 0.15) is 11.1 Å². The van der Waals surface area contributed by atoms with E-state index in [1.807, 2.05) is 22.8 Å². The van der Waals surface area contributed by atoms with Gasteiger partial charge in [0.2, 0.25) is 0 Å². The van der Waals surface area contributed by atoms with Crippen molar-refractivity contribution >= 4 is 11.8 Å². The van der Waals surface area contributed by atoms with Crippen LogP contribution in [0.5, 0.6) is 0 Å². The standard InChI is InChI=1S/C15H11N7S/c1-2-8-22-14(11-4-3-7-17-10-11)20-21-15(22)23-13-6-5-12(9-16)18-19-13/h2-7,10H,1,8H2. The molecule has 0 N–H and O–H groups in total. The maximum absolute atomic E-state index is 8.76. The highest BCUT2D eigenvalue weighted by molar-refractivity contribution is 7.99. The first-order chi connectivity index (χ1) is 11.3. The quantitative estimate of drug-likeness (QED) is 0.666. The Balaban J connectivity index is 1.94. The van der Waals surface area contributed by atoms with Gasteiger partial charge in [-0.25, -0.2) is 0 Å². The van der Waals surface area contributed by atoms with Crippen molar-refractivity contribution in [2.45, 2.75) is 16.7 Å². The zero-order valence-electron chi connectivity index (χ0n) is 12.0. The summed E-state index contributed by atoms with van der Waals surface area (Å²) in [5, 5.41) is 26.3. The molecule has 0 fully saturated rings. The topological polar surface area (TPSA) is 93.2 Å². The lowest BCUT2D eigenvalue weighted by Crippen LogP contribution is -2.01. The Morgan fingerprint density at radius 2 is 2.13 bits per heavy atom. The van der Waals surface area contributed by atoms with Gasteiger partial charge in [-0.3, -0.25) is 9.55 Å². The van der Waals surface area contributed by atoms with Gasteiger partial charge >= 0.3 is 0 Å². The van der Waals surface area contributed by atoms with Gasteiger partial charge in [-0.05, 0) is 36.0 Å². The fourth-order valence-corrected chi connectivity index (χ4v) is 2.65. The molecule has 0 saturated carbocycles. The summed E-state index contributed by atoms with van der Waals surface area (Å²) in [7, 11) is 0. The fraction of sp³-hybridized carbons (Fsp3) is 0.0667. The maximum Gasteiger partial charge on any atom is 0.198 e. The van der Waals surface area contributed by atoms with Crippen LogP contribution in [0, 0.1) is 11.3 Å².